The van der Waals surface area contributed by atoms with Crippen LogP contribution in [0.1, 0.15) is 25.1 Å². The Balaban J connectivity index is 1.95. The van der Waals surface area contributed by atoms with Crippen molar-refractivity contribution in [3.63, 3.8) is 0 Å². The van der Waals surface area contributed by atoms with Gasteiger partial charge in [0, 0.05) is 11.4 Å². The van der Waals surface area contributed by atoms with Gasteiger partial charge in [-0.2, -0.15) is 0 Å². The Morgan fingerprint density at radius 3 is 2.62 bits per heavy atom. The topological polar surface area (TPSA) is 54.9 Å². The fourth-order valence-electron chi connectivity index (χ4n) is 1.80. The lowest BCUT2D eigenvalue weighted by atomic mass is 10.1. The van der Waals surface area contributed by atoms with Crippen molar-refractivity contribution in [1.29, 1.82) is 0 Å². The Kier molecular flexibility index (Phi) is 5.33. The molecule has 1 aromatic carbocycles. The number of nitrogens with one attached hydrogen (secondary N) is 1. The van der Waals surface area contributed by atoms with E-state index >= 15 is 0 Å². The van der Waals surface area contributed by atoms with Crippen LogP contribution in [-0.2, 0) is 11.2 Å². The smallest absolute Gasteiger partial charge is 0.237 e. The number of anilines is 1. The van der Waals surface area contributed by atoms with E-state index in [1.807, 2.05) is 44.2 Å². The van der Waals surface area contributed by atoms with Crippen LogP contribution in [0.4, 0.5) is 5.69 Å². The van der Waals surface area contributed by atoms with E-state index in [4.69, 9.17) is 0 Å². The van der Waals surface area contributed by atoms with Crippen LogP contribution in [0.2, 0.25) is 0 Å². The van der Waals surface area contributed by atoms with E-state index in [2.05, 4.69) is 22.2 Å². The second-order valence-electron chi connectivity index (χ2n) is 4.80. The van der Waals surface area contributed by atoms with Crippen molar-refractivity contribution in [2.24, 2.45) is 0 Å². The number of carbonyl (C=O) groups excluding carboxylic acids is 1. The van der Waals surface area contributed by atoms with Gasteiger partial charge in [0.15, 0.2) is 0 Å². The summed E-state index contributed by atoms with van der Waals surface area (Å²) in [5.41, 5.74) is 2.98. The van der Waals surface area contributed by atoms with Gasteiger partial charge < -0.3 is 5.32 Å². The third-order valence-electron chi connectivity index (χ3n) is 3.08. The van der Waals surface area contributed by atoms with E-state index in [1.165, 1.54) is 23.7 Å². The zero-order chi connectivity index (χ0) is 15.2. The lowest BCUT2D eigenvalue weighted by Crippen LogP contribution is -2.22. The molecule has 0 aliphatic heterocycles. The third-order valence-corrected chi connectivity index (χ3v) is 4.11. The fourth-order valence-corrected chi connectivity index (χ4v) is 2.67. The highest BCUT2D eigenvalue weighted by Crippen LogP contribution is 2.22. The van der Waals surface area contributed by atoms with Crippen molar-refractivity contribution in [3.8, 4) is 0 Å². The Labute approximate surface area is 129 Å². The maximum atomic E-state index is 12.2. The molecule has 0 fully saturated rings. The lowest BCUT2D eigenvalue weighted by molar-refractivity contribution is -0.115. The molecule has 1 N–H and O–H groups in total. The van der Waals surface area contributed by atoms with Crippen LogP contribution < -0.4 is 5.32 Å². The number of amides is 1. The molecule has 0 bridgehead atoms. The Morgan fingerprint density at radius 2 is 2.00 bits per heavy atom. The summed E-state index contributed by atoms with van der Waals surface area (Å²) < 4.78 is 0. The first-order valence-corrected chi connectivity index (χ1v) is 7.81. The van der Waals surface area contributed by atoms with E-state index in [-0.39, 0.29) is 11.2 Å². The standard InChI is InChI=1S/C16H19N3OS/c1-4-13-5-7-14(8-6-13)19-16(20)12(3)21-15-9-11(2)17-10-18-15/h5-10,12H,4H2,1-3H3,(H,19,20). The van der Waals surface area contributed by atoms with E-state index in [0.29, 0.717) is 0 Å². The molecule has 1 unspecified atom stereocenters. The van der Waals surface area contributed by atoms with Crippen LogP contribution in [0.5, 0.6) is 0 Å². The average Bonchev–Trinajstić information content (AvgIpc) is 2.48. The number of benzene rings is 1. The monoisotopic (exact) mass is 301 g/mol. The molecule has 4 nitrogen and oxygen atoms in total. The number of carbonyl (C=O) groups is 1. The van der Waals surface area contributed by atoms with Gasteiger partial charge in [0.2, 0.25) is 5.91 Å². The molecule has 1 heterocycles. The third kappa shape index (κ3) is 4.56. The van der Waals surface area contributed by atoms with E-state index in [1.54, 1.807) is 0 Å². The molecule has 110 valence electrons. The molecule has 0 aliphatic rings. The van der Waals surface area contributed by atoms with Gasteiger partial charge in [-0.3, -0.25) is 4.79 Å². The zero-order valence-electron chi connectivity index (χ0n) is 12.5. The first kappa shape index (κ1) is 15.5. The maximum absolute atomic E-state index is 12.2. The number of hydrogen-bond donors (Lipinski definition) is 1. The molecular weight excluding hydrogens is 282 g/mol. The van der Waals surface area contributed by atoms with Gasteiger partial charge in [0.05, 0.1) is 5.25 Å². The summed E-state index contributed by atoms with van der Waals surface area (Å²) in [6.45, 7) is 5.89. The summed E-state index contributed by atoms with van der Waals surface area (Å²) in [6.07, 6.45) is 2.51. The molecule has 21 heavy (non-hydrogen) atoms. The minimum absolute atomic E-state index is 0.0273. The number of thioether (sulfide) groups is 1. The molecule has 0 spiro atoms. The fraction of sp³-hybridized carbons (Fsp3) is 0.312. The van der Waals surface area contributed by atoms with Crippen LogP contribution >= 0.6 is 11.8 Å². The molecule has 2 aromatic rings. The van der Waals surface area contributed by atoms with Gasteiger partial charge in [-0.25, -0.2) is 9.97 Å². The number of rotatable bonds is 5. The average molecular weight is 301 g/mol. The van der Waals surface area contributed by atoms with Crippen LogP contribution in [0.3, 0.4) is 0 Å². The van der Waals surface area contributed by atoms with E-state index in [0.717, 1.165) is 22.8 Å². The zero-order valence-corrected chi connectivity index (χ0v) is 13.3. The second-order valence-corrected chi connectivity index (χ2v) is 6.16. The summed E-state index contributed by atoms with van der Waals surface area (Å²) in [5.74, 6) is -0.0273. The van der Waals surface area contributed by atoms with Crippen molar-refractivity contribution in [3.05, 3.63) is 47.9 Å². The summed E-state index contributed by atoms with van der Waals surface area (Å²) in [7, 11) is 0. The molecule has 0 saturated carbocycles. The molecule has 0 aliphatic carbocycles. The largest absolute Gasteiger partial charge is 0.325 e. The second kappa shape index (κ2) is 7.22. The molecule has 0 saturated heterocycles. The van der Waals surface area contributed by atoms with Crippen molar-refractivity contribution in [2.45, 2.75) is 37.5 Å². The number of hydrogen-bond acceptors (Lipinski definition) is 4. The summed E-state index contributed by atoms with van der Waals surface area (Å²) in [6, 6.07) is 9.80. The van der Waals surface area contributed by atoms with Gasteiger partial charge >= 0.3 is 0 Å². The predicted octanol–water partition coefficient (Wildman–Crippen LogP) is 3.47. The van der Waals surface area contributed by atoms with Crippen molar-refractivity contribution in [2.75, 3.05) is 5.32 Å². The molecule has 2 rings (SSSR count). The van der Waals surface area contributed by atoms with Gasteiger partial charge in [0.1, 0.15) is 11.4 Å². The van der Waals surface area contributed by atoms with Crippen LogP contribution in [-0.4, -0.2) is 21.1 Å². The molecule has 1 atom stereocenters. The number of aromatic nitrogens is 2. The maximum Gasteiger partial charge on any atom is 0.237 e. The molecule has 5 heteroatoms. The summed E-state index contributed by atoms with van der Waals surface area (Å²) in [5, 5.41) is 3.52. The summed E-state index contributed by atoms with van der Waals surface area (Å²) in [4.78, 5) is 20.4. The van der Waals surface area contributed by atoms with Crippen molar-refractivity contribution in [1.82, 2.24) is 9.97 Å². The van der Waals surface area contributed by atoms with E-state index in [9.17, 15) is 4.79 Å². The highest BCUT2D eigenvalue weighted by atomic mass is 32.2. The predicted molar refractivity (Wildman–Crippen MR) is 86.5 cm³/mol. The van der Waals surface area contributed by atoms with Gasteiger partial charge in [-0.15, -0.1) is 0 Å². The first-order valence-electron chi connectivity index (χ1n) is 6.93. The number of aryl methyl sites for hydroxylation is 2. The highest BCUT2D eigenvalue weighted by Gasteiger charge is 2.15. The highest BCUT2D eigenvalue weighted by molar-refractivity contribution is 8.00. The molecular formula is C16H19N3OS. The van der Waals surface area contributed by atoms with E-state index < -0.39 is 0 Å². The molecule has 0 radical (unpaired) electrons. The normalized spacial score (nSPS) is 12.0. The van der Waals surface area contributed by atoms with Gasteiger partial charge in [-0.05, 0) is 44.0 Å². The first-order chi connectivity index (χ1) is 10.1. The van der Waals surface area contributed by atoms with Gasteiger partial charge in [-0.1, -0.05) is 30.8 Å². The van der Waals surface area contributed by atoms with Crippen LogP contribution in [0.25, 0.3) is 0 Å². The van der Waals surface area contributed by atoms with Crippen LogP contribution in [0, 0.1) is 6.92 Å². The number of nitrogens with zero attached hydrogens (tertiary/aromatic N) is 2. The Morgan fingerprint density at radius 1 is 1.29 bits per heavy atom. The SMILES string of the molecule is CCc1ccc(NC(=O)C(C)Sc2cc(C)ncn2)cc1. The minimum Gasteiger partial charge on any atom is -0.325 e. The van der Waals surface area contributed by atoms with Crippen molar-refractivity contribution >= 4 is 23.4 Å². The Hall–Kier alpha value is -1.88. The molecule has 1 amide bonds. The molecule has 1 aromatic heterocycles. The quantitative estimate of drug-likeness (QED) is 0.678. The summed E-state index contributed by atoms with van der Waals surface area (Å²) >= 11 is 1.43. The lowest BCUT2D eigenvalue weighted by Gasteiger charge is -2.12. The van der Waals surface area contributed by atoms with Crippen LogP contribution in [0.15, 0.2) is 41.7 Å². The van der Waals surface area contributed by atoms with Gasteiger partial charge in [0.25, 0.3) is 0 Å². The minimum atomic E-state index is -0.217. The van der Waals surface area contributed by atoms with Crippen molar-refractivity contribution < 1.29 is 4.79 Å². The Bertz CT molecular complexity index is 613.